The van der Waals surface area contributed by atoms with Gasteiger partial charge >= 0.3 is 0 Å². The maximum atomic E-state index is 12.9. The molecular weight excluding hydrogens is 227 g/mol. The van der Waals surface area contributed by atoms with Crippen molar-refractivity contribution in [2.75, 3.05) is 0 Å². The average Bonchev–Trinajstić information content (AvgIpc) is 2.26. The zero-order valence-electron chi connectivity index (χ0n) is 8.67. The van der Waals surface area contributed by atoms with Gasteiger partial charge in [0.05, 0.1) is 0 Å². The van der Waals surface area contributed by atoms with E-state index in [9.17, 15) is 9.50 Å². The number of hydrogen-bond acceptors (Lipinski definition) is 1. The van der Waals surface area contributed by atoms with Crippen molar-refractivity contribution >= 4 is 11.6 Å². The molecule has 2 aromatic carbocycles. The number of rotatable bonds is 1. The number of halogens is 2. The zero-order chi connectivity index (χ0) is 11.7. The molecule has 0 saturated heterocycles. The molecule has 0 radical (unpaired) electrons. The highest BCUT2D eigenvalue weighted by atomic mass is 35.5. The number of benzene rings is 2. The third-order valence-electron chi connectivity index (χ3n) is 2.52. The normalized spacial score (nSPS) is 10.4. The number of phenolic OH excluding ortho intramolecular Hbond substituents is 1. The molecule has 0 heterocycles. The van der Waals surface area contributed by atoms with Gasteiger partial charge in [0.25, 0.3) is 0 Å². The molecular formula is C13H10ClFO. The van der Waals surface area contributed by atoms with E-state index >= 15 is 0 Å². The second kappa shape index (κ2) is 4.14. The van der Waals surface area contributed by atoms with E-state index in [0.717, 1.165) is 16.7 Å². The van der Waals surface area contributed by atoms with Gasteiger partial charge in [0.2, 0.25) is 0 Å². The van der Waals surface area contributed by atoms with Crippen molar-refractivity contribution in [3.8, 4) is 16.9 Å². The highest BCUT2D eigenvalue weighted by Gasteiger charge is 2.07. The van der Waals surface area contributed by atoms with E-state index in [4.69, 9.17) is 11.6 Å². The lowest BCUT2D eigenvalue weighted by Gasteiger charge is -2.08. The predicted octanol–water partition coefficient (Wildman–Crippen LogP) is 4.16. The van der Waals surface area contributed by atoms with Crippen LogP contribution in [0.1, 0.15) is 5.56 Å². The quantitative estimate of drug-likeness (QED) is 0.788. The molecule has 0 spiro atoms. The second-order valence-corrected chi connectivity index (χ2v) is 3.99. The molecule has 2 rings (SSSR count). The molecule has 82 valence electrons. The van der Waals surface area contributed by atoms with E-state index in [1.807, 2.05) is 19.1 Å². The van der Waals surface area contributed by atoms with Gasteiger partial charge in [0.15, 0.2) is 11.6 Å². The van der Waals surface area contributed by atoms with Crippen molar-refractivity contribution in [3.05, 3.63) is 52.8 Å². The van der Waals surface area contributed by atoms with E-state index in [0.29, 0.717) is 5.02 Å². The average molecular weight is 237 g/mol. The van der Waals surface area contributed by atoms with Crippen LogP contribution in [0.4, 0.5) is 4.39 Å². The maximum absolute atomic E-state index is 12.9. The van der Waals surface area contributed by atoms with Gasteiger partial charge in [-0.05, 0) is 41.8 Å². The summed E-state index contributed by atoms with van der Waals surface area (Å²) in [7, 11) is 0. The van der Waals surface area contributed by atoms with Gasteiger partial charge in [-0.25, -0.2) is 4.39 Å². The Labute approximate surface area is 98.1 Å². The van der Waals surface area contributed by atoms with E-state index in [2.05, 4.69) is 0 Å². The Morgan fingerprint density at radius 1 is 1.19 bits per heavy atom. The molecule has 0 aromatic heterocycles. The number of aromatic hydroxyl groups is 1. The molecule has 0 fully saturated rings. The minimum atomic E-state index is -0.622. The summed E-state index contributed by atoms with van der Waals surface area (Å²) in [6, 6.07) is 9.76. The van der Waals surface area contributed by atoms with Crippen LogP contribution in [0.3, 0.4) is 0 Å². The first kappa shape index (κ1) is 11.0. The number of phenols is 1. The minimum absolute atomic E-state index is 0.350. The summed E-state index contributed by atoms with van der Waals surface area (Å²) in [6.45, 7) is 1.89. The molecule has 1 N–H and O–H groups in total. The van der Waals surface area contributed by atoms with Crippen molar-refractivity contribution in [2.45, 2.75) is 6.92 Å². The fourth-order valence-electron chi connectivity index (χ4n) is 1.60. The Bertz CT molecular complexity index is 537. The summed E-state index contributed by atoms with van der Waals surface area (Å²) >= 11 is 6.00. The lowest BCUT2D eigenvalue weighted by atomic mass is 10.0. The Morgan fingerprint density at radius 3 is 2.62 bits per heavy atom. The van der Waals surface area contributed by atoms with Crippen LogP contribution in [0, 0.1) is 12.7 Å². The third kappa shape index (κ3) is 1.89. The smallest absolute Gasteiger partial charge is 0.164 e. The van der Waals surface area contributed by atoms with Crippen LogP contribution in [0.5, 0.6) is 5.75 Å². The Hall–Kier alpha value is -1.54. The molecule has 0 unspecified atom stereocenters. The van der Waals surface area contributed by atoms with Crippen molar-refractivity contribution < 1.29 is 9.50 Å². The van der Waals surface area contributed by atoms with Gasteiger partial charge in [-0.1, -0.05) is 29.8 Å². The van der Waals surface area contributed by atoms with E-state index in [1.165, 1.54) is 12.1 Å². The summed E-state index contributed by atoms with van der Waals surface area (Å²) in [5, 5.41) is 9.97. The van der Waals surface area contributed by atoms with Crippen molar-refractivity contribution in [2.24, 2.45) is 0 Å². The standard InChI is InChI=1S/C13H10ClFO/c1-8-10(3-2-4-11(8)14)9-5-6-12(15)13(16)7-9/h2-7,16H,1H3. The van der Waals surface area contributed by atoms with Gasteiger partial charge in [0.1, 0.15) is 0 Å². The van der Waals surface area contributed by atoms with Crippen LogP contribution in [0.2, 0.25) is 5.02 Å². The summed E-state index contributed by atoms with van der Waals surface area (Å²) in [4.78, 5) is 0. The van der Waals surface area contributed by atoms with E-state index < -0.39 is 5.82 Å². The lowest BCUT2D eigenvalue weighted by Crippen LogP contribution is -1.85. The molecule has 1 nitrogen and oxygen atoms in total. The van der Waals surface area contributed by atoms with Gasteiger partial charge < -0.3 is 5.11 Å². The maximum Gasteiger partial charge on any atom is 0.164 e. The number of hydrogen-bond donors (Lipinski definition) is 1. The Morgan fingerprint density at radius 2 is 1.94 bits per heavy atom. The summed E-state index contributed by atoms with van der Waals surface area (Å²) in [5.74, 6) is -0.972. The molecule has 0 aliphatic carbocycles. The molecule has 0 saturated carbocycles. The molecule has 0 aliphatic heterocycles. The molecule has 2 aromatic rings. The van der Waals surface area contributed by atoms with Crippen molar-refractivity contribution in [3.63, 3.8) is 0 Å². The van der Waals surface area contributed by atoms with Crippen molar-refractivity contribution in [1.82, 2.24) is 0 Å². The van der Waals surface area contributed by atoms with E-state index in [-0.39, 0.29) is 5.75 Å². The van der Waals surface area contributed by atoms with Gasteiger partial charge in [-0.2, -0.15) is 0 Å². The van der Waals surface area contributed by atoms with Crippen LogP contribution >= 0.6 is 11.6 Å². The monoisotopic (exact) mass is 236 g/mol. The molecule has 0 amide bonds. The largest absolute Gasteiger partial charge is 0.505 e. The minimum Gasteiger partial charge on any atom is -0.505 e. The first-order valence-electron chi connectivity index (χ1n) is 4.83. The van der Waals surface area contributed by atoms with Gasteiger partial charge in [-0.3, -0.25) is 0 Å². The van der Waals surface area contributed by atoms with Crippen LogP contribution < -0.4 is 0 Å². The lowest BCUT2D eigenvalue weighted by molar-refractivity contribution is 0.433. The van der Waals surface area contributed by atoms with Crippen LogP contribution in [0.15, 0.2) is 36.4 Å². The molecule has 0 aliphatic rings. The highest BCUT2D eigenvalue weighted by molar-refractivity contribution is 6.31. The molecule has 0 bridgehead atoms. The molecule has 16 heavy (non-hydrogen) atoms. The fourth-order valence-corrected chi connectivity index (χ4v) is 1.77. The summed E-state index contributed by atoms with van der Waals surface area (Å²) in [6.07, 6.45) is 0. The second-order valence-electron chi connectivity index (χ2n) is 3.58. The fraction of sp³-hybridized carbons (Fsp3) is 0.0769. The van der Waals surface area contributed by atoms with Gasteiger partial charge in [0, 0.05) is 5.02 Å². The SMILES string of the molecule is Cc1c(Cl)cccc1-c1ccc(F)c(O)c1. The Balaban J connectivity index is 2.59. The van der Waals surface area contributed by atoms with Crippen LogP contribution in [0.25, 0.3) is 11.1 Å². The van der Waals surface area contributed by atoms with Crippen LogP contribution in [-0.2, 0) is 0 Å². The summed E-state index contributed by atoms with van der Waals surface area (Å²) in [5.41, 5.74) is 2.55. The molecule has 3 heteroatoms. The van der Waals surface area contributed by atoms with Crippen LogP contribution in [-0.4, -0.2) is 5.11 Å². The first-order chi connectivity index (χ1) is 7.59. The van der Waals surface area contributed by atoms with Gasteiger partial charge in [-0.15, -0.1) is 0 Å². The zero-order valence-corrected chi connectivity index (χ0v) is 9.42. The molecule has 0 atom stereocenters. The van der Waals surface area contributed by atoms with E-state index in [1.54, 1.807) is 12.1 Å². The predicted molar refractivity (Wildman–Crippen MR) is 63.2 cm³/mol. The topological polar surface area (TPSA) is 20.2 Å². The van der Waals surface area contributed by atoms with Crippen molar-refractivity contribution in [1.29, 1.82) is 0 Å². The third-order valence-corrected chi connectivity index (χ3v) is 2.93. The highest BCUT2D eigenvalue weighted by Crippen LogP contribution is 2.30. The first-order valence-corrected chi connectivity index (χ1v) is 5.21. The Kier molecular flexibility index (Phi) is 2.84. The summed E-state index contributed by atoms with van der Waals surface area (Å²) < 4.78 is 12.9.